The van der Waals surface area contributed by atoms with Gasteiger partial charge in [-0.25, -0.2) is 9.97 Å². The molecule has 2 saturated heterocycles. The molecule has 1 atom stereocenters. The average Bonchev–Trinajstić information content (AvgIpc) is 3.49. The molecule has 0 spiro atoms. The molecule has 5 rings (SSSR count). The van der Waals surface area contributed by atoms with E-state index in [-0.39, 0.29) is 11.8 Å². The van der Waals surface area contributed by atoms with Gasteiger partial charge in [0.1, 0.15) is 5.82 Å². The lowest BCUT2D eigenvalue weighted by Gasteiger charge is -2.33. The Morgan fingerprint density at radius 2 is 1.93 bits per heavy atom. The minimum atomic E-state index is 0.104. The number of aryl methyl sites for hydroxylation is 1. The van der Waals surface area contributed by atoms with Gasteiger partial charge in [0.2, 0.25) is 5.91 Å². The lowest BCUT2D eigenvalue weighted by Crippen LogP contribution is -2.42. The van der Waals surface area contributed by atoms with E-state index in [0.717, 1.165) is 88.6 Å². The third-order valence-corrected chi connectivity index (χ3v) is 6.70. The van der Waals surface area contributed by atoms with E-state index in [1.165, 1.54) is 11.3 Å². The van der Waals surface area contributed by atoms with Crippen LogP contribution >= 0.6 is 0 Å². The molecular formula is C24H30N4O2. The Hall–Kier alpha value is -2.47. The van der Waals surface area contributed by atoms with Gasteiger partial charge in [0.25, 0.3) is 0 Å². The molecule has 6 nitrogen and oxygen atoms in total. The molecule has 1 amide bonds. The molecule has 2 aliphatic heterocycles. The molecule has 2 aromatic rings. The first-order chi connectivity index (χ1) is 14.8. The number of amides is 1. The number of rotatable bonds is 5. The van der Waals surface area contributed by atoms with Crippen LogP contribution in [0, 0.1) is 11.8 Å². The van der Waals surface area contributed by atoms with Crippen LogP contribution in [0.4, 0.5) is 5.82 Å². The van der Waals surface area contributed by atoms with E-state index in [1.807, 2.05) is 18.2 Å². The van der Waals surface area contributed by atoms with Crippen molar-refractivity contribution in [2.75, 3.05) is 37.7 Å². The van der Waals surface area contributed by atoms with E-state index in [4.69, 9.17) is 14.7 Å². The molecule has 1 aromatic carbocycles. The zero-order valence-corrected chi connectivity index (χ0v) is 17.5. The topological polar surface area (TPSA) is 67.3 Å². The number of carbonyl (C=O) groups is 1. The third-order valence-electron chi connectivity index (χ3n) is 6.70. The van der Waals surface area contributed by atoms with Crippen LogP contribution in [0.1, 0.15) is 36.9 Å². The van der Waals surface area contributed by atoms with Gasteiger partial charge in [0.15, 0.2) is 5.82 Å². The summed E-state index contributed by atoms with van der Waals surface area (Å²) in [5.41, 5.74) is 3.59. The summed E-state index contributed by atoms with van der Waals surface area (Å²) in [7, 11) is 0. The van der Waals surface area contributed by atoms with Crippen molar-refractivity contribution in [1.82, 2.24) is 15.3 Å². The first-order valence-electron chi connectivity index (χ1n) is 11.3. The SMILES string of the molecule is O=C(NC[C@H]1CCOC1)C1CCN(c2nc(-c3ccccc3)nc3c2CCC3)CC1. The number of benzene rings is 1. The molecule has 0 unspecified atom stereocenters. The summed E-state index contributed by atoms with van der Waals surface area (Å²) in [5, 5.41) is 3.16. The van der Waals surface area contributed by atoms with E-state index in [9.17, 15) is 4.79 Å². The molecule has 1 aliphatic carbocycles. The third kappa shape index (κ3) is 4.06. The summed E-state index contributed by atoms with van der Waals surface area (Å²) in [5.74, 6) is 2.71. The first kappa shape index (κ1) is 19.5. The summed E-state index contributed by atoms with van der Waals surface area (Å²) in [6, 6.07) is 10.2. The highest BCUT2D eigenvalue weighted by Gasteiger charge is 2.29. The Labute approximate surface area is 178 Å². The lowest BCUT2D eigenvalue weighted by atomic mass is 9.95. The fourth-order valence-corrected chi connectivity index (χ4v) is 4.88. The number of nitrogens with zero attached hydrogens (tertiary/aromatic N) is 3. The van der Waals surface area contributed by atoms with Crippen molar-refractivity contribution in [2.24, 2.45) is 11.8 Å². The maximum atomic E-state index is 12.6. The summed E-state index contributed by atoms with van der Waals surface area (Å²) in [6.07, 6.45) is 6.07. The van der Waals surface area contributed by atoms with Crippen LogP contribution in [0.15, 0.2) is 30.3 Å². The van der Waals surface area contributed by atoms with E-state index in [0.29, 0.717) is 5.92 Å². The van der Waals surface area contributed by atoms with Crippen molar-refractivity contribution in [3.8, 4) is 11.4 Å². The van der Waals surface area contributed by atoms with Crippen LogP contribution in [0.5, 0.6) is 0 Å². The Morgan fingerprint density at radius 3 is 2.70 bits per heavy atom. The Balaban J connectivity index is 1.26. The van der Waals surface area contributed by atoms with Crippen LogP contribution in [0.2, 0.25) is 0 Å². The van der Waals surface area contributed by atoms with E-state index < -0.39 is 0 Å². The van der Waals surface area contributed by atoms with Crippen molar-refractivity contribution < 1.29 is 9.53 Å². The largest absolute Gasteiger partial charge is 0.381 e. The zero-order valence-electron chi connectivity index (χ0n) is 17.5. The number of ether oxygens (including phenoxy) is 1. The highest BCUT2D eigenvalue weighted by molar-refractivity contribution is 5.79. The van der Waals surface area contributed by atoms with Gasteiger partial charge in [0, 0.05) is 54.9 Å². The molecule has 0 saturated carbocycles. The highest BCUT2D eigenvalue weighted by Crippen LogP contribution is 2.33. The van der Waals surface area contributed by atoms with Crippen molar-refractivity contribution in [3.05, 3.63) is 41.6 Å². The quantitative estimate of drug-likeness (QED) is 0.827. The maximum absolute atomic E-state index is 12.6. The van der Waals surface area contributed by atoms with Crippen molar-refractivity contribution in [2.45, 2.75) is 38.5 Å². The second kappa shape index (κ2) is 8.72. The molecule has 0 radical (unpaired) electrons. The Bertz CT molecular complexity index is 888. The molecule has 1 N–H and O–H groups in total. The number of hydrogen-bond acceptors (Lipinski definition) is 5. The van der Waals surface area contributed by atoms with Crippen LogP contribution in [-0.4, -0.2) is 48.7 Å². The Morgan fingerprint density at radius 1 is 1.10 bits per heavy atom. The second-order valence-corrected chi connectivity index (χ2v) is 8.75. The van der Waals surface area contributed by atoms with E-state index in [1.54, 1.807) is 0 Å². The first-order valence-corrected chi connectivity index (χ1v) is 11.3. The number of carbonyl (C=O) groups excluding carboxylic acids is 1. The Kier molecular flexibility index (Phi) is 5.67. The molecular weight excluding hydrogens is 376 g/mol. The van der Waals surface area contributed by atoms with Gasteiger partial charge in [-0.15, -0.1) is 0 Å². The van der Waals surface area contributed by atoms with Gasteiger partial charge >= 0.3 is 0 Å². The number of anilines is 1. The number of piperidine rings is 1. The number of fused-ring (bicyclic) bond motifs is 1. The minimum Gasteiger partial charge on any atom is -0.381 e. The molecule has 158 valence electrons. The van der Waals surface area contributed by atoms with Crippen LogP contribution < -0.4 is 10.2 Å². The summed E-state index contributed by atoms with van der Waals surface area (Å²) in [6.45, 7) is 4.11. The highest BCUT2D eigenvalue weighted by atomic mass is 16.5. The molecule has 30 heavy (non-hydrogen) atoms. The van der Waals surface area contributed by atoms with Gasteiger partial charge in [-0.05, 0) is 38.5 Å². The van der Waals surface area contributed by atoms with Crippen molar-refractivity contribution in [1.29, 1.82) is 0 Å². The normalized spacial score (nSPS) is 21.6. The summed E-state index contributed by atoms with van der Waals surface area (Å²) < 4.78 is 5.41. The van der Waals surface area contributed by atoms with Gasteiger partial charge in [-0.2, -0.15) is 0 Å². The van der Waals surface area contributed by atoms with Crippen molar-refractivity contribution >= 4 is 11.7 Å². The summed E-state index contributed by atoms with van der Waals surface area (Å²) in [4.78, 5) is 24.9. The monoisotopic (exact) mass is 406 g/mol. The predicted octanol–water partition coefficient (Wildman–Crippen LogP) is 3.00. The number of nitrogens with one attached hydrogen (secondary N) is 1. The van der Waals surface area contributed by atoms with Crippen LogP contribution in [0.25, 0.3) is 11.4 Å². The minimum absolute atomic E-state index is 0.104. The number of aromatic nitrogens is 2. The standard InChI is InChI=1S/C24H30N4O2/c29-24(25-15-17-11-14-30-16-17)19-9-12-28(13-10-19)23-20-7-4-8-21(20)26-22(27-23)18-5-2-1-3-6-18/h1-3,5-6,17,19H,4,7-16H2,(H,25,29)/t17-/m1/s1. The maximum Gasteiger partial charge on any atom is 0.223 e. The molecule has 2 fully saturated rings. The molecule has 0 bridgehead atoms. The summed E-state index contributed by atoms with van der Waals surface area (Å²) >= 11 is 0. The fraction of sp³-hybridized carbons (Fsp3) is 0.542. The molecule has 6 heteroatoms. The van der Waals surface area contributed by atoms with Crippen LogP contribution in [-0.2, 0) is 22.4 Å². The molecule has 3 aliphatic rings. The van der Waals surface area contributed by atoms with Gasteiger partial charge < -0.3 is 15.0 Å². The van der Waals surface area contributed by atoms with Gasteiger partial charge in [-0.1, -0.05) is 30.3 Å². The molecule has 1 aromatic heterocycles. The van der Waals surface area contributed by atoms with Gasteiger partial charge in [-0.3, -0.25) is 4.79 Å². The molecule has 3 heterocycles. The van der Waals surface area contributed by atoms with Crippen LogP contribution in [0.3, 0.4) is 0 Å². The predicted molar refractivity (Wildman–Crippen MR) is 116 cm³/mol. The fourth-order valence-electron chi connectivity index (χ4n) is 4.88. The second-order valence-electron chi connectivity index (χ2n) is 8.75. The van der Waals surface area contributed by atoms with E-state index >= 15 is 0 Å². The van der Waals surface area contributed by atoms with Gasteiger partial charge in [0.05, 0.1) is 6.61 Å². The van der Waals surface area contributed by atoms with E-state index in [2.05, 4.69) is 22.3 Å². The van der Waals surface area contributed by atoms with Crippen molar-refractivity contribution in [3.63, 3.8) is 0 Å². The smallest absolute Gasteiger partial charge is 0.223 e. The zero-order chi connectivity index (χ0) is 20.3. The number of hydrogen-bond donors (Lipinski definition) is 1. The average molecular weight is 407 g/mol. The lowest BCUT2D eigenvalue weighted by molar-refractivity contribution is -0.125.